The Hall–Kier alpha value is -0.900. The van der Waals surface area contributed by atoms with Crippen LogP contribution in [0.25, 0.3) is 0 Å². The third kappa shape index (κ3) is 3.53. The molecular weight excluding hydrogens is 218 g/mol. The van der Waals surface area contributed by atoms with Crippen LogP contribution in [-0.4, -0.2) is 42.4 Å². The number of esters is 1. The van der Waals surface area contributed by atoms with E-state index in [4.69, 9.17) is 4.74 Å². The fourth-order valence-corrected chi connectivity index (χ4v) is 1.75. The number of hydrogen-bond acceptors (Lipinski definition) is 4. The second kappa shape index (κ2) is 5.63. The largest absolute Gasteiger partial charge is 0.465 e. The summed E-state index contributed by atoms with van der Waals surface area (Å²) in [4.78, 5) is 26.0. The fraction of sp³-hybridized carbons (Fsp3) is 0.846. The summed E-state index contributed by atoms with van der Waals surface area (Å²) < 4.78 is 4.94. The van der Waals surface area contributed by atoms with E-state index in [1.165, 1.54) is 12.8 Å². The molecule has 1 aliphatic carbocycles. The summed E-state index contributed by atoms with van der Waals surface area (Å²) in [5, 5.41) is 0. The van der Waals surface area contributed by atoms with Crippen molar-refractivity contribution in [2.45, 2.75) is 46.6 Å². The summed E-state index contributed by atoms with van der Waals surface area (Å²) in [7, 11) is 0. The van der Waals surface area contributed by atoms with E-state index in [0.29, 0.717) is 19.2 Å². The molecule has 1 saturated carbocycles. The van der Waals surface area contributed by atoms with E-state index < -0.39 is 11.4 Å². The maximum absolute atomic E-state index is 12.1. The Labute approximate surface area is 103 Å². The number of carbonyl (C=O) groups is 2. The molecule has 0 N–H and O–H groups in total. The van der Waals surface area contributed by atoms with Crippen LogP contribution in [0.15, 0.2) is 0 Å². The molecule has 1 rings (SSSR count). The SMILES string of the molecule is CCOC(=O)C(C)(C)C(=O)CN(CC)C1CC1. The Balaban J connectivity index is 2.57. The third-order valence-electron chi connectivity index (χ3n) is 3.30. The summed E-state index contributed by atoms with van der Waals surface area (Å²) >= 11 is 0. The lowest BCUT2D eigenvalue weighted by Crippen LogP contribution is -2.43. The second-order valence-corrected chi connectivity index (χ2v) is 5.06. The number of carbonyl (C=O) groups excluding carboxylic acids is 2. The highest BCUT2D eigenvalue weighted by Gasteiger charge is 2.39. The standard InChI is InChI=1S/C13H23NO3/c1-5-14(10-7-8-10)9-11(15)13(3,4)12(16)17-6-2/h10H,5-9H2,1-4H3. The topological polar surface area (TPSA) is 46.6 Å². The molecule has 0 aromatic carbocycles. The molecule has 0 radical (unpaired) electrons. The molecule has 0 spiro atoms. The summed E-state index contributed by atoms with van der Waals surface area (Å²) in [6.45, 7) is 8.62. The lowest BCUT2D eigenvalue weighted by atomic mass is 9.88. The molecular formula is C13H23NO3. The van der Waals surface area contributed by atoms with Crippen LogP contribution >= 0.6 is 0 Å². The van der Waals surface area contributed by atoms with Gasteiger partial charge in [-0.25, -0.2) is 0 Å². The minimum absolute atomic E-state index is 0.0512. The molecule has 0 heterocycles. The maximum atomic E-state index is 12.1. The van der Waals surface area contributed by atoms with Gasteiger partial charge in [-0.3, -0.25) is 14.5 Å². The van der Waals surface area contributed by atoms with Gasteiger partial charge in [0.25, 0.3) is 0 Å². The van der Waals surface area contributed by atoms with Gasteiger partial charge in [-0.15, -0.1) is 0 Å². The fourth-order valence-electron chi connectivity index (χ4n) is 1.75. The van der Waals surface area contributed by atoms with Crippen molar-refractivity contribution in [1.82, 2.24) is 4.90 Å². The molecule has 1 fully saturated rings. The molecule has 0 atom stereocenters. The molecule has 1 aliphatic rings. The predicted molar refractivity (Wildman–Crippen MR) is 65.7 cm³/mol. The van der Waals surface area contributed by atoms with Crippen LogP contribution in [0.5, 0.6) is 0 Å². The van der Waals surface area contributed by atoms with Crippen LogP contribution in [0.2, 0.25) is 0 Å². The zero-order chi connectivity index (χ0) is 13.1. The Morgan fingerprint density at radius 1 is 1.29 bits per heavy atom. The lowest BCUT2D eigenvalue weighted by Gasteiger charge is -2.25. The van der Waals surface area contributed by atoms with Gasteiger partial charge in [0.15, 0.2) is 5.78 Å². The first-order valence-electron chi connectivity index (χ1n) is 6.38. The van der Waals surface area contributed by atoms with Gasteiger partial charge in [-0.05, 0) is 40.2 Å². The van der Waals surface area contributed by atoms with E-state index in [9.17, 15) is 9.59 Å². The average Bonchev–Trinajstić information content (AvgIpc) is 3.09. The van der Waals surface area contributed by atoms with Crippen LogP contribution in [-0.2, 0) is 14.3 Å². The van der Waals surface area contributed by atoms with E-state index >= 15 is 0 Å². The average molecular weight is 241 g/mol. The highest BCUT2D eigenvalue weighted by Crippen LogP contribution is 2.28. The van der Waals surface area contributed by atoms with Crippen LogP contribution in [0.4, 0.5) is 0 Å². The van der Waals surface area contributed by atoms with Crippen LogP contribution in [0, 0.1) is 5.41 Å². The molecule has 0 saturated heterocycles. The van der Waals surface area contributed by atoms with Crippen molar-refractivity contribution in [3.05, 3.63) is 0 Å². The molecule has 0 unspecified atom stereocenters. The highest BCUT2D eigenvalue weighted by atomic mass is 16.5. The van der Waals surface area contributed by atoms with Crippen molar-refractivity contribution in [1.29, 1.82) is 0 Å². The Morgan fingerprint density at radius 3 is 2.29 bits per heavy atom. The molecule has 0 amide bonds. The van der Waals surface area contributed by atoms with E-state index in [-0.39, 0.29) is 5.78 Å². The summed E-state index contributed by atoms with van der Waals surface area (Å²) in [6.07, 6.45) is 2.34. The highest BCUT2D eigenvalue weighted by molar-refractivity contribution is 6.03. The first kappa shape index (κ1) is 14.2. The molecule has 4 nitrogen and oxygen atoms in total. The monoisotopic (exact) mass is 241 g/mol. The Kier molecular flexibility index (Phi) is 4.69. The summed E-state index contributed by atoms with van der Waals surface area (Å²) in [6, 6.07) is 0.543. The van der Waals surface area contributed by atoms with Gasteiger partial charge in [0, 0.05) is 6.04 Å². The molecule has 0 aromatic heterocycles. The number of ether oxygens (including phenoxy) is 1. The van der Waals surface area contributed by atoms with Crippen LogP contribution in [0.1, 0.15) is 40.5 Å². The van der Waals surface area contributed by atoms with Gasteiger partial charge >= 0.3 is 5.97 Å². The molecule has 98 valence electrons. The van der Waals surface area contributed by atoms with Gasteiger partial charge in [0.05, 0.1) is 13.2 Å². The number of Topliss-reactive ketones (excluding diaryl/α,β-unsaturated/α-hetero) is 1. The van der Waals surface area contributed by atoms with E-state index in [1.54, 1.807) is 20.8 Å². The predicted octanol–water partition coefficient (Wildman–Crippen LogP) is 1.63. The van der Waals surface area contributed by atoms with Crippen molar-refractivity contribution in [3.8, 4) is 0 Å². The summed E-state index contributed by atoms with van der Waals surface area (Å²) in [5.74, 6) is -0.471. The van der Waals surface area contributed by atoms with Crippen molar-refractivity contribution in [2.24, 2.45) is 5.41 Å². The zero-order valence-electron chi connectivity index (χ0n) is 11.3. The van der Waals surface area contributed by atoms with Crippen molar-refractivity contribution in [3.63, 3.8) is 0 Å². The number of rotatable bonds is 7. The van der Waals surface area contributed by atoms with Crippen molar-refractivity contribution < 1.29 is 14.3 Å². The van der Waals surface area contributed by atoms with Crippen LogP contribution in [0.3, 0.4) is 0 Å². The van der Waals surface area contributed by atoms with E-state index in [2.05, 4.69) is 4.90 Å². The van der Waals surface area contributed by atoms with Gasteiger partial charge in [-0.2, -0.15) is 0 Å². The quantitative estimate of drug-likeness (QED) is 0.502. The van der Waals surface area contributed by atoms with E-state index in [1.807, 2.05) is 6.92 Å². The number of likely N-dealkylation sites (N-methyl/N-ethyl adjacent to an activating group) is 1. The van der Waals surface area contributed by atoms with E-state index in [0.717, 1.165) is 6.54 Å². The van der Waals surface area contributed by atoms with Gasteiger partial charge < -0.3 is 4.74 Å². The summed E-state index contributed by atoms with van der Waals surface area (Å²) in [5.41, 5.74) is -1.03. The number of ketones is 1. The molecule has 0 bridgehead atoms. The number of hydrogen-bond donors (Lipinski definition) is 0. The first-order chi connectivity index (χ1) is 7.93. The van der Waals surface area contributed by atoms with Crippen molar-refractivity contribution >= 4 is 11.8 Å². The Bertz CT molecular complexity index is 295. The molecule has 0 aromatic rings. The Morgan fingerprint density at radius 2 is 1.88 bits per heavy atom. The minimum atomic E-state index is -1.03. The van der Waals surface area contributed by atoms with Gasteiger partial charge in [0.1, 0.15) is 5.41 Å². The lowest BCUT2D eigenvalue weighted by molar-refractivity contribution is -0.158. The first-order valence-corrected chi connectivity index (χ1v) is 6.38. The van der Waals surface area contributed by atoms with Crippen molar-refractivity contribution in [2.75, 3.05) is 19.7 Å². The number of nitrogens with zero attached hydrogens (tertiary/aromatic N) is 1. The van der Waals surface area contributed by atoms with Gasteiger partial charge in [-0.1, -0.05) is 6.92 Å². The molecule has 4 heteroatoms. The van der Waals surface area contributed by atoms with Crippen LogP contribution < -0.4 is 0 Å². The minimum Gasteiger partial charge on any atom is -0.465 e. The normalized spacial score (nSPS) is 16.1. The molecule has 0 aliphatic heterocycles. The third-order valence-corrected chi connectivity index (χ3v) is 3.30. The maximum Gasteiger partial charge on any atom is 0.319 e. The zero-order valence-corrected chi connectivity index (χ0v) is 11.3. The molecule has 17 heavy (non-hydrogen) atoms. The second-order valence-electron chi connectivity index (χ2n) is 5.06. The smallest absolute Gasteiger partial charge is 0.319 e. The van der Waals surface area contributed by atoms with Gasteiger partial charge in [0.2, 0.25) is 0 Å².